The summed E-state index contributed by atoms with van der Waals surface area (Å²) in [5.74, 6) is 0.698. The van der Waals surface area contributed by atoms with Crippen LogP contribution in [0.15, 0.2) is 4.79 Å². The normalized spacial score (nSPS) is 19.2. The maximum atomic E-state index is 11.4. The third kappa shape index (κ3) is 1.65. The Balaban J connectivity index is 2.23. The van der Waals surface area contributed by atoms with Gasteiger partial charge >= 0.3 is 5.69 Å². The molecule has 0 amide bonds. The Morgan fingerprint density at radius 3 is 2.69 bits per heavy atom. The van der Waals surface area contributed by atoms with E-state index in [2.05, 4.69) is 15.4 Å². The second-order valence-electron chi connectivity index (χ2n) is 3.44. The van der Waals surface area contributed by atoms with Crippen LogP contribution >= 0.6 is 0 Å². The van der Waals surface area contributed by atoms with E-state index in [0.29, 0.717) is 5.82 Å². The molecule has 2 heterocycles. The topological polar surface area (TPSA) is 62.7 Å². The molecule has 0 radical (unpaired) electrons. The summed E-state index contributed by atoms with van der Waals surface area (Å²) in [6.07, 6.45) is 1.98. The maximum absolute atomic E-state index is 11.4. The summed E-state index contributed by atoms with van der Waals surface area (Å²) in [6.45, 7) is 3.75. The molecule has 1 aromatic heterocycles. The van der Waals surface area contributed by atoms with Crippen LogP contribution in [0.25, 0.3) is 0 Å². The molecule has 1 aliphatic heterocycles. The molecule has 1 saturated heterocycles. The molecular formula is C8H14N4O. The molecule has 5 heteroatoms. The predicted octanol–water partition coefficient (Wildman–Crippen LogP) is -0.196. The molecular weight excluding hydrogens is 168 g/mol. The Morgan fingerprint density at radius 2 is 2.15 bits per heavy atom. The van der Waals surface area contributed by atoms with E-state index in [9.17, 15) is 4.79 Å². The van der Waals surface area contributed by atoms with Crippen molar-refractivity contribution in [3.05, 3.63) is 16.3 Å². The van der Waals surface area contributed by atoms with Gasteiger partial charge in [0.05, 0.1) is 6.04 Å². The second-order valence-corrected chi connectivity index (χ2v) is 3.44. The van der Waals surface area contributed by atoms with Crippen molar-refractivity contribution in [2.45, 2.75) is 25.8 Å². The predicted molar refractivity (Wildman–Crippen MR) is 48.7 cm³/mol. The monoisotopic (exact) mass is 182 g/mol. The Kier molecular flexibility index (Phi) is 2.18. The average Bonchev–Trinajstić information content (AvgIpc) is 2.47. The SMILES string of the molecule is Cc1nn(C2CCNCC2)c(=O)[nH]1. The van der Waals surface area contributed by atoms with Gasteiger partial charge in [0.1, 0.15) is 5.82 Å². The molecule has 2 rings (SSSR count). The standard InChI is InChI=1S/C8H14N4O/c1-6-10-8(13)12(11-6)7-2-4-9-5-3-7/h7,9H,2-5H2,1H3,(H,10,11,13). The van der Waals surface area contributed by atoms with Crippen molar-refractivity contribution in [3.63, 3.8) is 0 Å². The Morgan fingerprint density at radius 1 is 1.46 bits per heavy atom. The maximum Gasteiger partial charge on any atom is 0.343 e. The molecule has 0 saturated carbocycles. The highest BCUT2D eigenvalue weighted by molar-refractivity contribution is 4.81. The fourth-order valence-electron chi connectivity index (χ4n) is 1.74. The number of hydrogen-bond acceptors (Lipinski definition) is 3. The highest BCUT2D eigenvalue weighted by Gasteiger charge is 2.17. The molecule has 0 unspecified atom stereocenters. The third-order valence-corrected chi connectivity index (χ3v) is 2.41. The molecule has 0 atom stereocenters. The van der Waals surface area contributed by atoms with Crippen LogP contribution in [0, 0.1) is 6.92 Å². The summed E-state index contributed by atoms with van der Waals surface area (Å²) in [4.78, 5) is 14.0. The molecule has 1 aliphatic rings. The van der Waals surface area contributed by atoms with Crippen molar-refractivity contribution in [1.29, 1.82) is 0 Å². The van der Waals surface area contributed by atoms with Gasteiger partial charge in [-0.2, -0.15) is 5.10 Å². The summed E-state index contributed by atoms with van der Waals surface area (Å²) in [6, 6.07) is 0.277. The Hall–Kier alpha value is -1.10. The van der Waals surface area contributed by atoms with E-state index in [-0.39, 0.29) is 11.7 Å². The van der Waals surface area contributed by atoms with Crippen LogP contribution in [-0.4, -0.2) is 27.9 Å². The van der Waals surface area contributed by atoms with Crippen LogP contribution in [0.2, 0.25) is 0 Å². The fraction of sp³-hybridized carbons (Fsp3) is 0.750. The van der Waals surface area contributed by atoms with Gasteiger partial charge in [0.15, 0.2) is 0 Å². The Labute approximate surface area is 76.2 Å². The van der Waals surface area contributed by atoms with Gasteiger partial charge in [0.25, 0.3) is 0 Å². The number of aromatic nitrogens is 3. The van der Waals surface area contributed by atoms with Crippen molar-refractivity contribution in [1.82, 2.24) is 20.1 Å². The first-order valence-electron chi connectivity index (χ1n) is 4.63. The zero-order valence-corrected chi connectivity index (χ0v) is 7.71. The first-order chi connectivity index (χ1) is 6.27. The van der Waals surface area contributed by atoms with Crippen molar-refractivity contribution < 1.29 is 0 Å². The first-order valence-corrected chi connectivity index (χ1v) is 4.63. The van der Waals surface area contributed by atoms with Gasteiger partial charge in [-0.1, -0.05) is 0 Å². The molecule has 72 valence electrons. The van der Waals surface area contributed by atoms with Gasteiger partial charge in [-0.25, -0.2) is 9.48 Å². The van der Waals surface area contributed by atoms with Crippen LogP contribution in [0.4, 0.5) is 0 Å². The largest absolute Gasteiger partial charge is 0.343 e. The summed E-state index contributed by atoms with van der Waals surface area (Å²) in [7, 11) is 0. The quantitative estimate of drug-likeness (QED) is 0.632. The van der Waals surface area contributed by atoms with Gasteiger partial charge < -0.3 is 5.32 Å². The van der Waals surface area contributed by atoms with Crippen LogP contribution in [-0.2, 0) is 0 Å². The molecule has 5 nitrogen and oxygen atoms in total. The van der Waals surface area contributed by atoms with E-state index >= 15 is 0 Å². The van der Waals surface area contributed by atoms with Crippen molar-refractivity contribution >= 4 is 0 Å². The summed E-state index contributed by atoms with van der Waals surface area (Å²) in [5, 5.41) is 7.41. The molecule has 0 aromatic carbocycles. The van der Waals surface area contributed by atoms with Crippen LogP contribution in [0.1, 0.15) is 24.7 Å². The van der Waals surface area contributed by atoms with E-state index in [0.717, 1.165) is 25.9 Å². The van der Waals surface area contributed by atoms with E-state index < -0.39 is 0 Å². The van der Waals surface area contributed by atoms with Crippen LogP contribution in [0.5, 0.6) is 0 Å². The second kappa shape index (κ2) is 3.33. The average molecular weight is 182 g/mol. The number of nitrogens with one attached hydrogen (secondary N) is 2. The smallest absolute Gasteiger partial charge is 0.317 e. The van der Waals surface area contributed by atoms with E-state index in [1.165, 1.54) is 0 Å². The lowest BCUT2D eigenvalue weighted by Gasteiger charge is -2.21. The number of rotatable bonds is 1. The minimum atomic E-state index is -0.0793. The van der Waals surface area contributed by atoms with Crippen LogP contribution < -0.4 is 11.0 Å². The van der Waals surface area contributed by atoms with Gasteiger partial charge in [-0.15, -0.1) is 0 Å². The van der Waals surface area contributed by atoms with Crippen molar-refractivity contribution in [2.75, 3.05) is 13.1 Å². The molecule has 13 heavy (non-hydrogen) atoms. The molecule has 0 aliphatic carbocycles. The van der Waals surface area contributed by atoms with Gasteiger partial charge in [-0.3, -0.25) is 4.98 Å². The molecule has 0 bridgehead atoms. The van der Waals surface area contributed by atoms with Gasteiger partial charge in [-0.05, 0) is 32.9 Å². The molecule has 2 N–H and O–H groups in total. The molecule has 1 aromatic rings. The highest BCUT2D eigenvalue weighted by Crippen LogP contribution is 2.14. The molecule has 0 spiro atoms. The van der Waals surface area contributed by atoms with Gasteiger partial charge in [0, 0.05) is 0 Å². The van der Waals surface area contributed by atoms with E-state index in [1.54, 1.807) is 11.6 Å². The van der Waals surface area contributed by atoms with Crippen molar-refractivity contribution in [2.24, 2.45) is 0 Å². The number of H-pyrrole nitrogens is 1. The number of aromatic amines is 1. The summed E-state index contributed by atoms with van der Waals surface area (Å²) >= 11 is 0. The van der Waals surface area contributed by atoms with Crippen LogP contribution in [0.3, 0.4) is 0 Å². The lowest BCUT2D eigenvalue weighted by Crippen LogP contribution is -2.33. The van der Waals surface area contributed by atoms with Gasteiger partial charge in [0.2, 0.25) is 0 Å². The zero-order chi connectivity index (χ0) is 9.26. The Bertz CT molecular complexity index is 334. The number of nitrogens with zero attached hydrogens (tertiary/aromatic N) is 2. The first kappa shape index (κ1) is 8.50. The summed E-state index contributed by atoms with van der Waals surface area (Å²) < 4.78 is 1.58. The van der Waals surface area contributed by atoms with Crippen molar-refractivity contribution in [3.8, 4) is 0 Å². The minimum absolute atomic E-state index is 0.0793. The molecule has 1 fully saturated rings. The van der Waals surface area contributed by atoms with E-state index in [4.69, 9.17) is 0 Å². The number of aryl methyl sites for hydroxylation is 1. The zero-order valence-electron chi connectivity index (χ0n) is 7.71. The van der Waals surface area contributed by atoms with E-state index in [1.807, 2.05) is 0 Å². The highest BCUT2D eigenvalue weighted by atomic mass is 16.2. The summed E-state index contributed by atoms with van der Waals surface area (Å²) in [5.41, 5.74) is -0.0793. The lowest BCUT2D eigenvalue weighted by molar-refractivity contribution is 0.334. The fourth-order valence-corrected chi connectivity index (χ4v) is 1.74. The minimum Gasteiger partial charge on any atom is -0.317 e. The number of hydrogen-bond donors (Lipinski definition) is 2. The third-order valence-electron chi connectivity index (χ3n) is 2.41. The number of piperidine rings is 1. The lowest BCUT2D eigenvalue weighted by atomic mass is 10.1.